The molecule has 0 bridgehead atoms. The summed E-state index contributed by atoms with van der Waals surface area (Å²) in [4.78, 5) is 0. The predicted octanol–water partition coefficient (Wildman–Crippen LogP) is 4.49. The van der Waals surface area contributed by atoms with Gasteiger partial charge in [0.15, 0.2) is 0 Å². The molecular weight excluding hydrogens is 192 g/mol. The van der Waals surface area contributed by atoms with E-state index in [0.717, 1.165) is 0 Å². The molecule has 82 valence electrons. The van der Waals surface area contributed by atoms with Gasteiger partial charge in [-0.25, -0.2) is 0 Å². The first kappa shape index (κ1) is 9.89. The molecule has 3 aliphatic rings. The van der Waals surface area contributed by atoms with Crippen molar-refractivity contribution in [1.82, 2.24) is 0 Å². The molecule has 1 atom stereocenters. The number of hydrogen-bond acceptors (Lipinski definition) is 0. The summed E-state index contributed by atoms with van der Waals surface area (Å²) < 4.78 is 0. The minimum Gasteiger partial charge on any atom is -0.0836 e. The van der Waals surface area contributed by atoms with Crippen LogP contribution < -0.4 is 0 Å². The fourth-order valence-electron chi connectivity index (χ4n) is 3.21. The van der Waals surface area contributed by atoms with Crippen LogP contribution in [0.15, 0.2) is 58.2 Å². The number of hydrogen-bond donors (Lipinski definition) is 0. The maximum absolute atomic E-state index is 2.34. The van der Waals surface area contributed by atoms with Crippen LogP contribution in [-0.2, 0) is 0 Å². The molecule has 0 aliphatic heterocycles. The first-order valence-corrected chi connectivity index (χ1v) is 6.23. The van der Waals surface area contributed by atoms with Gasteiger partial charge in [-0.1, -0.05) is 36.0 Å². The van der Waals surface area contributed by atoms with E-state index in [-0.39, 0.29) is 0 Å². The van der Waals surface area contributed by atoms with Crippen LogP contribution in [-0.4, -0.2) is 0 Å². The van der Waals surface area contributed by atoms with Crippen molar-refractivity contribution in [2.75, 3.05) is 0 Å². The van der Waals surface area contributed by atoms with Crippen molar-refractivity contribution >= 4 is 0 Å². The third-order valence-corrected chi connectivity index (χ3v) is 4.16. The van der Waals surface area contributed by atoms with Crippen molar-refractivity contribution in [3.8, 4) is 0 Å². The Balaban J connectivity index is 2.21. The predicted molar refractivity (Wildman–Crippen MR) is 69.1 cm³/mol. The molecule has 0 amide bonds. The summed E-state index contributed by atoms with van der Waals surface area (Å²) in [5.74, 6) is 0.645. The van der Waals surface area contributed by atoms with E-state index in [2.05, 4.69) is 44.2 Å². The summed E-state index contributed by atoms with van der Waals surface area (Å²) in [6.45, 7) is 4.62. The van der Waals surface area contributed by atoms with Gasteiger partial charge in [0.2, 0.25) is 0 Å². The molecule has 0 heteroatoms. The van der Waals surface area contributed by atoms with Gasteiger partial charge in [-0.05, 0) is 55.4 Å². The molecule has 0 nitrogen and oxygen atoms in total. The lowest BCUT2D eigenvalue weighted by atomic mass is 9.71. The van der Waals surface area contributed by atoms with Crippen molar-refractivity contribution in [3.63, 3.8) is 0 Å². The van der Waals surface area contributed by atoms with Crippen LogP contribution in [0.3, 0.4) is 0 Å². The molecular formula is C16H18. The molecule has 0 aromatic heterocycles. The van der Waals surface area contributed by atoms with Crippen LogP contribution in [0, 0.1) is 5.92 Å². The van der Waals surface area contributed by atoms with E-state index in [1.165, 1.54) is 24.8 Å². The molecule has 0 radical (unpaired) electrons. The zero-order valence-electron chi connectivity index (χ0n) is 10.1. The van der Waals surface area contributed by atoms with Crippen LogP contribution in [0.1, 0.15) is 33.1 Å². The first-order valence-electron chi connectivity index (χ1n) is 6.23. The third-order valence-electron chi connectivity index (χ3n) is 4.16. The highest BCUT2D eigenvalue weighted by molar-refractivity contribution is 5.60. The Labute approximate surface area is 97.7 Å². The van der Waals surface area contributed by atoms with E-state index in [1.807, 2.05) is 0 Å². The third kappa shape index (κ3) is 1.29. The maximum atomic E-state index is 2.34. The Morgan fingerprint density at radius 2 is 2.06 bits per heavy atom. The van der Waals surface area contributed by atoms with E-state index < -0.39 is 0 Å². The lowest BCUT2D eigenvalue weighted by Gasteiger charge is -2.33. The summed E-state index contributed by atoms with van der Waals surface area (Å²) in [6.07, 6.45) is 15.1. The van der Waals surface area contributed by atoms with Gasteiger partial charge in [-0.2, -0.15) is 0 Å². The molecule has 0 aromatic carbocycles. The van der Waals surface area contributed by atoms with E-state index >= 15 is 0 Å². The Hall–Kier alpha value is -1.30. The lowest BCUT2D eigenvalue weighted by molar-refractivity contribution is 0.694. The van der Waals surface area contributed by atoms with Gasteiger partial charge in [0.1, 0.15) is 0 Å². The number of allylic oxidation sites excluding steroid dienone is 10. The van der Waals surface area contributed by atoms with Gasteiger partial charge in [-0.15, -0.1) is 0 Å². The van der Waals surface area contributed by atoms with Gasteiger partial charge in [-0.3, -0.25) is 0 Å². The van der Waals surface area contributed by atoms with Crippen molar-refractivity contribution in [1.29, 1.82) is 0 Å². The molecule has 3 aliphatic carbocycles. The molecule has 1 unspecified atom stereocenters. The largest absolute Gasteiger partial charge is 0.0836 e. The average Bonchev–Trinajstić information content (AvgIpc) is 2.36. The second-order valence-electron chi connectivity index (χ2n) is 4.98. The molecule has 0 aromatic rings. The van der Waals surface area contributed by atoms with Gasteiger partial charge in [0, 0.05) is 5.92 Å². The highest BCUT2D eigenvalue weighted by Gasteiger charge is 2.28. The standard InChI is InChI=1S/C16H18/c1-11-13-7-3-5-9-15(13)12(2)16-10-6-4-8-14(11)16/h3-5,8-9,13H,6-7,10H2,1-2H3. The molecule has 3 rings (SSSR count). The van der Waals surface area contributed by atoms with Crippen molar-refractivity contribution < 1.29 is 0 Å². The molecule has 0 heterocycles. The first-order chi connectivity index (χ1) is 7.79. The van der Waals surface area contributed by atoms with E-state index in [0.29, 0.717) is 5.92 Å². The SMILES string of the molecule is CC1=C2CCC=CC2=C(C)C2CC=CC=C12. The number of fused-ring (bicyclic) bond motifs is 2. The van der Waals surface area contributed by atoms with Crippen molar-refractivity contribution in [2.24, 2.45) is 5.92 Å². The summed E-state index contributed by atoms with van der Waals surface area (Å²) in [5.41, 5.74) is 7.81. The number of rotatable bonds is 0. The minimum absolute atomic E-state index is 0.645. The van der Waals surface area contributed by atoms with Crippen LogP contribution in [0.5, 0.6) is 0 Å². The van der Waals surface area contributed by atoms with E-state index in [4.69, 9.17) is 0 Å². The lowest BCUT2D eigenvalue weighted by Crippen LogP contribution is -2.18. The Morgan fingerprint density at radius 1 is 1.19 bits per heavy atom. The highest BCUT2D eigenvalue weighted by Crippen LogP contribution is 2.44. The van der Waals surface area contributed by atoms with Gasteiger partial charge in [0.25, 0.3) is 0 Å². The minimum atomic E-state index is 0.645. The van der Waals surface area contributed by atoms with Gasteiger partial charge < -0.3 is 0 Å². The van der Waals surface area contributed by atoms with Crippen LogP contribution in [0.4, 0.5) is 0 Å². The Bertz CT molecular complexity index is 478. The van der Waals surface area contributed by atoms with Crippen LogP contribution >= 0.6 is 0 Å². The van der Waals surface area contributed by atoms with Crippen LogP contribution in [0.2, 0.25) is 0 Å². The Morgan fingerprint density at radius 3 is 2.94 bits per heavy atom. The smallest absolute Gasteiger partial charge is 0.00918 e. The second-order valence-corrected chi connectivity index (χ2v) is 4.98. The van der Waals surface area contributed by atoms with Crippen LogP contribution in [0.25, 0.3) is 0 Å². The topological polar surface area (TPSA) is 0 Å². The van der Waals surface area contributed by atoms with Crippen molar-refractivity contribution in [2.45, 2.75) is 33.1 Å². The summed E-state index contributed by atoms with van der Waals surface area (Å²) in [7, 11) is 0. The zero-order chi connectivity index (χ0) is 11.1. The summed E-state index contributed by atoms with van der Waals surface area (Å²) in [6, 6.07) is 0. The average molecular weight is 210 g/mol. The highest BCUT2D eigenvalue weighted by atomic mass is 14.3. The molecule has 0 saturated carbocycles. The summed E-state index contributed by atoms with van der Waals surface area (Å²) >= 11 is 0. The van der Waals surface area contributed by atoms with Gasteiger partial charge in [0.05, 0.1) is 0 Å². The summed E-state index contributed by atoms with van der Waals surface area (Å²) in [5, 5.41) is 0. The maximum Gasteiger partial charge on any atom is 0.00918 e. The Kier molecular flexibility index (Phi) is 2.24. The molecule has 0 saturated heterocycles. The molecule has 0 N–H and O–H groups in total. The second kappa shape index (κ2) is 3.62. The monoisotopic (exact) mass is 210 g/mol. The van der Waals surface area contributed by atoms with E-state index in [9.17, 15) is 0 Å². The fraction of sp³-hybridized carbons (Fsp3) is 0.375. The molecule has 0 fully saturated rings. The quantitative estimate of drug-likeness (QED) is 0.552. The molecule has 0 spiro atoms. The fourth-order valence-corrected chi connectivity index (χ4v) is 3.21. The van der Waals surface area contributed by atoms with Gasteiger partial charge >= 0.3 is 0 Å². The van der Waals surface area contributed by atoms with Crippen molar-refractivity contribution in [3.05, 3.63) is 58.2 Å². The zero-order valence-corrected chi connectivity index (χ0v) is 10.1. The normalized spacial score (nSPS) is 27.9. The molecule has 16 heavy (non-hydrogen) atoms. The van der Waals surface area contributed by atoms with E-state index in [1.54, 1.807) is 22.3 Å².